The van der Waals surface area contributed by atoms with Crippen molar-refractivity contribution in [2.24, 2.45) is 5.92 Å². The Morgan fingerprint density at radius 2 is 2.11 bits per heavy atom. The Labute approximate surface area is 103 Å². The number of carboxylic acids is 1. The van der Waals surface area contributed by atoms with Gasteiger partial charge in [-0.1, -0.05) is 0 Å². The number of anilines is 1. The fourth-order valence-corrected chi connectivity index (χ4v) is 1.23. The summed E-state index contributed by atoms with van der Waals surface area (Å²) >= 11 is 0. The third-order valence-electron chi connectivity index (χ3n) is 2.49. The van der Waals surface area contributed by atoms with E-state index in [1.807, 2.05) is 0 Å². The maximum absolute atomic E-state index is 13.4. The molecule has 1 aromatic carbocycles. The molecule has 0 fully saturated rings. The van der Waals surface area contributed by atoms with Crippen LogP contribution in [0.15, 0.2) is 12.1 Å². The molecule has 1 aromatic rings. The van der Waals surface area contributed by atoms with Gasteiger partial charge in [0.15, 0.2) is 0 Å². The van der Waals surface area contributed by atoms with Crippen molar-refractivity contribution in [3.63, 3.8) is 0 Å². The summed E-state index contributed by atoms with van der Waals surface area (Å²) in [6.07, 6.45) is 0. The molecule has 0 radical (unpaired) electrons. The van der Waals surface area contributed by atoms with E-state index in [0.717, 1.165) is 6.07 Å². The molecular weight excluding hydrogens is 239 g/mol. The summed E-state index contributed by atoms with van der Waals surface area (Å²) in [6.45, 7) is 2.65. The third-order valence-corrected chi connectivity index (χ3v) is 2.49. The second-order valence-electron chi connectivity index (χ2n) is 3.79. The quantitative estimate of drug-likeness (QED) is 0.798. The van der Waals surface area contributed by atoms with Crippen LogP contribution < -0.4 is 5.32 Å². The zero-order valence-corrected chi connectivity index (χ0v) is 9.82. The van der Waals surface area contributed by atoms with Crippen LogP contribution in [-0.2, 0) is 9.59 Å². The summed E-state index contributed by atoms with van der Waals surface area (Å²) in [4.78, 5) is 22.1. The summed E-state index contributed by atoms with van der Waals surface area (Å²) in [6, 6.07) is 4.10. The van der Waals surface area contributed by atoms with Gasteiger partial charge < -0.3 is 10.4 Å². The number of nitriles is 1. The number of rotatable bonds is 3. The lowest BCUT2D eigenvalue weighted by molar-refractivity contribution is -0.144. The van der Waals surface area contributed by atoms with Crippen molar-refractivity contribution >= 4 is 17.6 Å². The molecule has 1 amide bonds. The molecular formula is C12H11FN2O3. The van der Waals surface area contributed by atoms with Gasteiger partial charge in [0.1, 0.15) is 11.7 Å². The standard InChI is InChI=1S/C12H11FN2O3/c1-6-9(13)3-8(5-14)4-10(6)15-11(16)7(2)12(17)18/h3-4,7H,1-2H3,(H,15,16)(H,17,18). The van der Waals surface area contributed by atoms with Gasteiger partial charge in [-0.3, -0.25) is 9.59 Å². The van der Waals surface area contributed by atoms with Crippen molar-refractivity contribution in [1.82, 2.24) is 0 Å². The van der Waals surface area contributed by atoms with Crippen molar-refractivity contribution in [2.75, 3.05) is 5.32 Å². The van der Waals surface area contributed by atoms with Crippen molar-refractivity contribution in [2.45, 2.75) is 13.8 Å². The van der Waals surface area contributed by atoms with Gasteiger partial charge in [0.25, 0.3) is 0 Å². The highest BCUT2D eigenvalue weighted by atomic mass is 19.1. The first-order chi connectivity index (χ1) is 8.36. The van der Waals surface area contributed by atoms with Gasteiger partial charge in [-0.2, -0.15) is 5.26 Å². The minimum Gasteiger partial charge on any atom is -0.481 e. The molecule has 5 nitrogen and oxygen atoms in total. The SMILES string of the molecule is Cc1c(F)cc(C#N)cc1NC(=O)C(C)C(=O)O. The van der Waals surface area contributed by atoms with E-state index in [1.54, 1.807) is 6.07 Å². The lowest BCUT2D eigenvalue weighted by Gasteiger charge is -2.11. The van der Waals surface area contributed by atoms with Gasteiger partial charge >= 0.3 is 5.97 Å². The molecule has 2 N–H and O–H groups in total. The molecule has 0 saturated carbocycles. The van der Waals surface area contributed by atoms with Gasteiger partial charge in [-0.25, -0.2) is 4.39 Å². The minimum atomic E-state index is -1.28. The predicted octanol–water partition coefficient (Wildman–Crippen LogP) is 1.66. The molecule has 0 aromatic heterocycles. The van der Waals surface area contributed by atoms with Crippen LogP contribution in [0.3, 0.4) is 0 Å². The van der Waals surface area contributed by atoms with Gasteiger partial charge in [0.2, 0.25) is 5.91 Å². The van der Waals surface area contributed by atoms with Crippen LogP contribution in [0.25, 0.3) is 0 Å². The second-order valence-corrected chi connectivity index (χ2v) is 3.79. The Balaban J connectivity index is 3.05. The van der Waals surface area contributed by atoms with Crippen LogP contribution in [0, 0.1) is 30.0 Å². The van der Waals surface area contributed by atoms with Crippen LogP contribution >= 0.6 is 0 Å². The number of amides is 1. The van der Waals surface area contributed by atoms with E-state index >= 15 is 0 Å². The Morgan fingerprint density at radius 3 is 2.61 bits per heavy atom. The molecule has 94 valence electrons. The van der Waals surface area contributed by atoms with Crippen LogP contribution in [0.2, 0.25) is 0 Å². The molecule has 0 saturated heterocycles. The lowest BCUT2D eigenvalue weighted by atomic mass is 10.1. The summed E-state index contributed by atoms with van der Waals surface area (Å²) in [5, 5.41) is 19.6. The molecule has 0 bridgehead atoms. The Morgan fingerprint density at radius 1 is 1.50 bits per heavy atom. The van der Waals surface area contributed by atoms with Gasteiger partial charge in [0, 0.05) is 11.3 Å². The van der Waals surface area contributed by atoms with Crippen LogP contribution in [0.5, 0.6) is 0 Å². The van der Waals surface area contributed by atoms with Gasteiger partial charge in [-0.05, 0) is 26.0 Å². The molecule has 0 aliphatic carbocycles. The number of nitrogens with one attached hydrogen (secondary N) is 1. The first kappa shape index (κ1) is 13.6. The maximum atomic E-state index is 13.4. The predicted molar refractivity (Wildman–Crippen MR) is 61.3 cm³/mol. The van der Waals surface area contributed by atoms with E-state index in [1.165, 1.54) is 19.9 Å². The molecule has 0 aliphatic heterocycles. The molecule has 0 heterocycles. The number of hydrogen-bond acceptors (Lipinski definition) is 3. The monoisotopic (exact) mass is 250 g/mol. The first-order valence-corrected chi connectivity index (χ1v) is 5.10. The van der Waals surface area contributed by atoms with E-state index in [2.05, 4.69) is 5.32 Å². The van der Waals surface area contributed by atoms with Crippen LogP contribution in [0.1, 0.15) is 18.1 Å². The number of carbonyl (C=O) groups is 2. The number of halogens is 1. The smallest absolute Gasteiger partial charge is 0.315 e. The van der Waals surface area contributed by atoms with E-state index in [4.69, 9.17) is 10.4 Å². The van der Waals surface area contributed by atoms with E-state index < -0.39 is 23.6 Å². The highest BCUT2D eigenvalue weighted by molar-refractivity contribution is 6.04. The number of benzene rings is 1. The fraction of sp³-hybridized carbons (Fsp3) is 0.250. The maximum Gasteiger partial charge on any atom is 0.315 e. The number of aliphatic carboxylic acids is 1. The number of carboxylic acid groups (broad SMARTS) is 1. The Hall–Kier alpha value is -2.42. The van der Waals surface area contributed by atoms with Crippen molar-refractivity contribution in [3.8, 4) is 6.07 Å². The van der Waals surface area contributed by atoms with Crippen LogP contribution in [0.4, 0.5) is 10.1 Å². The topological polar surface area (TPSA) is 90.2 Å². The second kappa shape index (κ2) is 5.27. The fourth-order valence-electron chi connectivity index (χ4n) is 1.23. The van der Waals surface area contributed by atoms with Crippen molar-refractivity contribution in [3.05, 3.63) is 29.1 Å². The highest BCUT2D eigenvalue weighted by Crippen LogP contribution is 2.21. The number of hydrogen-bond donors (Lipinski definition) is 2. The molecule has 1 atom stereocenters. The van der Waals surface area contributed by atoms with Crippen molar-refractivity contribution in [1.29, 1.82) is 5.26 Å². The first-order valence-electron chi connectivity index (χ1n) is 5.10. The number of carbonyl (C=O) groups excluding carboxylic acids is 1. The van der Waals surface area contributed by atoms with Crippen molar-refractivity contribution < 1.29 is 19.1 Å². The average molecular weight is 250 g/mol. The molecule has 0 spiro atoms. The molecule has 1 rings (SSSR count). The molecule has 1 unspecified atom stereocenters. The van der Waals surface area contributed by atoms with E-state index in [0.29, 0.717) is 0 Å². The summed E-state index contributed by atoms with van der Waals surface area (Å²) < 4.78 is 13.4. The van der Waals surface area contributed by atoms with Gasteiger partial charge in [0.05, 0.1) is 11.6 Å². The molecule has 6 heteroatoms. The lowest BCUT2D eigenvalue weighted by Crippen LogP contribution is -2.27. The van der Waals surface area contributed by atoms with E-state index in [-0.39, 0.29) is 16.8 Å². The summed E-state index contributed by atoms with van der Waals surface area (Å²) in [7, 11) is 0. The highest BCUT2D eigenvalue weighted by Gasteiger charge is 2.21. The van der Waals surface area contributed by atoms with Crippen LogP contribution in [-0.4, -0.2) is 17.0 Å². The zero-order valence-electron chi connectivity index (χ0n) is 9.82. The number of nitrogens with zero attached hydrogens (tertiary/aromatic N) is 1. The molecule has 0 aliphatic rings. The summed E-state index contributed by atoms with van der Waals surface area (Å²) in [5.41, 5.74) is 0.306. The largest absolute Gasteiger partial charge is 0.481 e. The zero-order chi connectivity index (χ0) is 13.9. The van der Waals surface area contributed by atoms with E-state index in [9.17, 15) is 14.0 Å². The normalized spacial score (nSPS) is 11.4. The molecule has 18 heavy (non-hydrogen) atoms. The Kier molecular flexibility index (Phi) is 4.00. The Bertz CT molecular complexity index is 549. The summed E-state index contributed by atoms with van der Waals surface area (Å²) in [5.74, 6) is -3.92. The minimum absolute atomic E-state index is 0.0522. The third kappa shape index (κ3) is 2.83. The van der Waals surface area contributed by atoms with Gasteiger partial charge in [-0.15, -0.1) is 0 Å². The average Bonchev–Trinajstić information content (AvgIpc) is 2.33.